The first-order valence-electron chi connectivity index (χ1n) is 7.82. The van der Waals surface area contributed by atoms with Gasteiger partial charge < -0.3 is 10.1 Å². The monoisotopic (exact) mass is 314 g/mol. The van der Waals surface area contributed by atoms with E-state index >= 15 is 0 Å². The average Bonchev–Trinajstić information content (AvgIpc) is 2.48. The number of hydrogen-bond donors (Lipinski definition) is 1. The number of nitriles is 1. The molecule has 0 heterocycles. The van der Waals surface area contributed by atoms with Crippen molar-refractivity contribution >= 4 is 11.9 Å². The summed E-state index contributed by atoms with van der Waals surface area (Å²) in [6, 6.07) is 8.82. The molecule has 1 aromatic rings. The van der Waals surface area contributed by atoms with Gasteiger partial charge in [-0.05, 0) is 52.2 Å². The fraction of sp³-hybridized carbons (Fsp3) is 0.500. The van der Waals surface area contributed by atoms with Crippen LogP contribution in [0.25, 0.3) is 0 Å². The molecule has 1 fully saturated rings. The molecule has 23 heavy (non-hydrogen) atoms. The summed E-state index contributed by atoms with van der Waals surface area (Å²) < 4.78 is 5.64. The van der Waals surface area contributed by atoms with Gasteiger partial charge in [0.25, 0.3) is 0 Å². The van der Waals surface area contributed by atoms with Gasteiger partial charge in [0.05, 0.1) is 11.6 Å². The van der Waals surface area contributed by atoms with Crippen molar-refractivity contribution in [3.05, 3.63) is 35.4 Å². The van der Waals surface area contributed by atoms with Crippen molar-refractivity contribution < 1.29 is 14.3 Å². The van der Waals surface area contributed by atoms with Crippen LogP contribution in [0.15, 0.2) is 24.3 Å². The minimum absolute atomic E-state index is 0.108. The highest BCUT2D eigenvalue weighted by molar-refractivity contribution is 5.91. The number of hydrogen-bond acceptors (Lipinski definition) is 4. The molecule has 5 nitrogen and oxygen atoms in total. The maximum Gasteiger partial charge on any atom is 0.408 e. The fourth-order valence-electron chi connectivity index (χ4n) is 2.80. The summed E-state index contributed by atoms with van der Waals surface area (Å²) in [5.74, 6) is -0.108. The third kappa shape index (κ3) is 3.89. The lowest BCUT2D eigenvalue weighted by molar-refractivity contribution is -0.142. The van der Waals surface area contributed by atoms with E-state index in [1.165, 1.54) is 0 Å². The highest BCUT2D eigenvalue weighted by atomic mass is 16.6. The van der Waals surface area contributed by atoms with Gasteiger partial charge in [-0.2, -0.15) is 5.26 Å². The van der Waals surface area contributed by atoms with Crippen molar-refractivity contribution in [1.82, 2.24) is 5.32 Å². The number of ketones is 1. The van der Waals surface area contributed by atoms with Crippen LogP contribution >= 0.6 is 0 Å². The van der Waals surface area contributed by atoms with E-state index in [1.807, 2.05) is 20.8 Å². The van der Waals surface area contributed by atoms with Crippen LogP contribution in [0.4, 0.5) is 4.79 Å². The molecule has 1 aromatic carbocycles. The summed E-state index contributed by atoms with van der Waals surface area (Å²) in [6.07, 6.45) is 1.79. The molecule has 0 bridgehead atoms. The molecule has 1 amide bonds. The van der Waals surface area contributed by atoms with Crippen molar-refractivity contribution in [1.29, 1.82) is 5.26 Å². The lowest BCUT2D eigenvalue weighted by Crippen LogP contribution is -2.49. The number of ether oxygens (including phenoxy) is 1. The predicted molar refractivity (Wildman–Crippen MR) is 85.7 cm³/mol. The second-order valence-electron chi connectivity index (χ2n) is 6.91. The molecule has 1 aliphatic carbocycles. The van der Waals surface area contributed by atoms with Crippen LogP contribution in [-0.4, -0.2) is 17.4 Å². The van der Waals surface area contributed by atoms with Crippen LogP contribution < -0.4 is 5.32 Å². The number of carbonyl (C=O) groups excluding carboxylic acids is 2. The molecule has 0 saturated heterocycles. The Labute approximate surface area is 136 Å². The van der Waals surface area contributed by atoms with Crippen molar-refractivity contribution in [3.8, 4) is 6.07 Å². The van der Waals surface area contributed by atoms with Gasteiger partial charge in [0.1, 0.15) is 0 Å². The zero-order chi connectivity index (χ0) is 17.1. The van der Waals surface area contributed by atoms with Gasteiger partial charge in [-0.3, -0.25) is 4.79 Å². The standard InChI is InChI=1S/C18H22N2O3/c1-17(2,3)20-16(22)23-18(10-5-4-9-15(18)21)14-8-6-7-13(11-14)12-19/h6-8,11H,4-5,9-10H2,1-3H3,(H,20,22). The van der Waals surface area contributed by atoms with Crippen molar-refractivity contribution in [2.24, 2.45) is 0 Å². The normalized spacial score (nSPS) is 21.4. The number of rotatable bonds is 2. The van der Waals surface area contributed by atoms with Crippen LogP contribution in [0.2, 0.25) is 0 Å². The average molecular weight is 314 g/mol. The van der Waals surface area contributed by atoms with Gasteiger partial charge in [0.15, 0.2) is 11.4 Å². The van der Waals surface area contributed by atoms with Gasteiger partial charge in [-0.1, -0.05) is 12.1 Å². The summed E-state index contributed by atoms with van der Waals surface area (Å²) in [5.41, 5.74) is -0.726. The lowest BCUT2D eigenvalue weighted by atomic mass is 9.78. The Morgan fingerprint density at radius 2 is 2.09 bits per heavy atom. The smallest absolute Gasteiger partial charge is 0.408 e. The minimum atomic E-state index is -1.29. The SMILES string of the molecule is CC(C)(C)NC(=O)OC1(c2cccc(C#N)c2)CCCCC1=O. The van der Waals surface area contributed by atoms with E-state index in [0.29, 0.717) is 24.0 Å². The first-order chi connectivity index (χ1) is 10.8. The second kappa shape index (κ2) is 6.41. The number of nitrogens with one attached hydrogen (secondary N) is 1. The molecule has 1 saturated carbocycles. The highest BCUT2D eigenvalue weighted by Gasteiger charge is 2.45. The van der Waals surface area contributed by atoms with Crippen molar-refractivity contribution in [3.63, 3.8) is 0 Å². The lowest BCUT2D eigenvalue weighted by Gasteiger charge is -2.36. The van der Waals surface area contributed by atoms with Gasteiger partial charge in [0.2, 0.25) is 0 Å². The highest BCUT2D eigenvalue weighted by Crippen LogP contribution is 2.38. The Morgan fingerprint density at radius 3 is 2.70 bits per heavy atom. The Bertz CT molecular complexity index is 655. The molecule has 0 aromatic heterocycles. The van der Waals surface area contributed by atoms with E-state index in [1.54, 1.807) is 24.3 Å². The molecule has 1 aliphatic rings. The predicted octanol–water partition coefficient (Wildman–Crippen LogP) is 3.42. The Hall–Kier alpha value is -2.35. The van der Waals surface area contributed by atoms with Crippen LogP contribution in [0.5, 0.6) is 0 Å². The second-order valence-corrected chi connectivity index (χ2v) is 6.91. The molecule has 1 unspecified atom stereocenters. The van der Waals surface area contributed by atoms with Crippen LogP contribution in [0.1, 0.15) is 57.6 Å². The zero-order valence-corrected chi connectivity index (χ0v) is 13.8. The number of benzene rings is 1. The Balaban J connectivity index is 2.39. The summed E-state index contributed by atoms with van der Waals surface area (Å²) in [4.78, 5) is 24.9. The third-order valence-corrected chi connectivity index (χ3v) is 3.84. The molecule has 0 aliphatic heterocycles. The summed E-state index contributed by atoms with van der Waals surface area (Å²) >= 11 is 0. The van der Waals surface area contributed by atoms with E-state index < -0.39 is 17.2 Å². The molecule has 0 spiro atoms. The van der Waals surface area contributed by atoms with Crippen molar-refractivity contribution in [2.45, 2.75) is 57.6 Å². The van der Waals surface area contributed by atoms with E-state index in [2.05, 4.69) is 11.4 Å². The minimum Gasteiger partial charge on any atom is -0.430 e. The number of Topliss-reactive ketones (excluding diaryl/α,β-unsaturated/α-hetero) is 1. The molecular formula is C18H22N2O3. The summed E-state index contributed by atoms with van der Waals surface area (Å²) in [5, 5.41) is 11.8. The van der Waals surface area contributed by atoms with Crippen LogP contribution in [-0.2, 0) is 15.1 Å². The molecular weight excluding hydrogens is 292 g/mol. The van der Waals surface area contributed by atoms with E-state index in [4.69, 9.17) is 10.00 Å². The van der Waals surface area contributed by atoms with Crippen LogP contribution in [0, 0.1) is 11.3 Å². The molecule has 5 heteroatoms. The van der Waals surface area contributed by atoms with Gasteiger partial charge in [-0.25, -0.2) is 4.79 Å². The van der Waals surface area contributed by atoms with Gasteiger partial charge >= 0.3 is 6.09 Å². The molecule has 1 atom stereocenters. The Kier molecular flexibility index (Phi) is 4.74. The number of nitrogens with zero attached hydrogens (tertiary/aromatic N) is 1. The quantitative estimate of drug-likeness (QED) is 0.907. The van der Waals surface area contributed by atoms with E-state index in [-0.39, 0.29) is 5.78 Å². The molecule has 1 N–H and O–H groups in total. The Morgan fingerprint density at radius 1 is 1.35 bits per heavy atom. The third-order valence-electron chi connectivity index (χ3n) is 3.84. The topological polar surface area (TPSA) is 79.2 Å². The van der Waals surface area contributed by atoms with Crippen LogP contribution in [0.3, 0.4) is 0 Å². The van der Waals surface area contributed by atoms with Gasteiger partial charge in [0, 0.05) is 17.5 Å². The summed E-state index contributed by atoms with van der Waals surface area (Å²) in [7, 11) is 0. The molecule has 122 valence electrons. The fourth-order valence-corrected chi connectivity index (χ4v) is 2.80. The maximum absolute atomic E-state index is 12.6. The zero-order valence-electron chi connectivity index (χ0n) is 13.8. The largest absolute Gasteiger partial charge is 0.430 e. The first-order valence-corrected chi connectivity index (χ1v) is 7.82. The molecule has 0 radical (unpaired) electrons. The number of amides is 1. The van der Waals surface area contributed by atoms with Crippen molar-refractivity contribution in [2.75, 3.05) is 0 Å². The number of carbonyl (C=O) groups is 2. The molecule has 2 rings (SSSR count). The first kappa shape index (κ1) is 17.0. The van der Waals surface area contributed by atoms with Gasteiger partial charge in [-0.15, -0.1) is 0 Å². The van der Waals surface area contributed by atoms with E-state index in [0.717, 1.165) is 12.8 Å². The van der Waals surface area contributed by atoms with E-state index in [9.17, 15) is 9.59 Å². The number of alkyl carbamates (subject to hydrolysis) is 1. The summed E-state index contributed by atoms with van der Waals surface area (Å²) in [6.45, 7) is 5.54. The maximum atomic E-state index is 12.6.